The van der Waals surface area contributed by atoms with Crippen LogP contribution in [-0.2, 0) is 13.1 Å². The molecule has 3 atom stereocenters. The second-order valence-electron chi connectivity index (χ2n) is 7.59. The van der Waals surface area contributed by atoms with Gasteiger partial charge in [0.1, 0.15) is 0 Å². The Morgan fingerprint density at radius 3 is 2.07 bits per heavy atom. The van der Waals surface area contributed by atoms with Crippen molar-refractivity contribution in [2.75, 3.05) is 73.0 Å². The maximum absolute atomic E-state index is 4.80. The van der Waals surface area contributed by atoms with E-state index in [0.29, 0.717) is 6.04 Å². The van der Waals surface area contributed by atoms with Crippen LogP contribution in [0.1, 0.15) is 24.4 Å². The van der Waals surface area contributed by atoms with Gasteiger partial charge >= 0.3 is 33.3 Å². The maximum atomic E-state index is 4.80. The van der Waals surface area contributed by atoms with Crippen LogP contribution in [0, 0.1) is 0 Å². The number of fused-ring (bicyclic) bond motifs is 3. The van der Waals surface area contributed by atoms with Gasteiger partial charge in [0.25, 0.3) is 0 Å². The summed E-state index contributed by atoms with van der Waals surface area (Å²) in [5, 5.41) is 0. The van der Waals surface area contributed by atoms with Crippen LogP contribution >= 0.6 is 20.2 Å². The summed E-state index contributed by atoms with van der Waals surface area (Å²) in [4.78, 5) is 10.4. The van der Waals surface area contributed by atoms with Crippen molar-refractivity contribution in [2.45, 2.75) is 18.9 Å². The minimum absolute atomic E-state index is 0.00694. The molecule has 155 valence electrons. The van der Waals surface area contributed by atoms with Crippen LogP contribution in [0.2, 0.25) is 0 Å². The molecule has 2 saturated heterocycles. The molecule has 27 heavy (non-hydrogen) atoms. The van der Waals surface area contributed by atoms with Crippen molar-refractivity contribution in [2.24, 2.45) is 0 Å². The van der Waals surface area contributed by atoms with Crippen molar-refractivity contribution >= 4 is 20.2 Å². The van der Waals surface area contributed by atoms with Crippen molar-refractivity contribution in [3.8, 4) is 0 Å². The number of rotatable bonds is 1. The number of nitrogens with zero attached hydrogens (tertiary/aromatic N) is 4. The van der Waals surface area contributed by atoms with E-state index in [-0.39, 0.29) is 13.1 Å². The molecular formula is C20H34Cl2MnN4. The second-order valence-corrected chi connectivity index (χ2v) is 9.54. The van der Waals surface area contributed by atoms with E-state index in [1.165, 1.54) is 70.8 Å². The molecule has 2 heterocycles. The van der Waals surface area contributed by atoms with Crippen LogP contribution in [0.5, 0.6) is 0 Å². The molecule has 0 aromatic heterocycles. The first-order valence-corrected chi connectivity index (χ1v) is 13.1. The number of hydrogen-bond donors (Lipinski definition) is 0. The van der Waals surface area contributed by atoms with Gasteiger partial charge in [-0.15, -0.1) is 0 Å². The third-order valence-electron chi connectivity index (χ3n) is 5.75. The standard InChI is InChI=1S/C20H34N4.2ClH.Mn/c1-21-10-6-11-23-16-14-22(2)20(19-7-4-3-5-8-19)9-12-24(15-13-21)18-17-23;;;/h3-5,7-8,20H,6,9-18H2,1-2H3;2*1H;/q;;;+2/p-2. The summed E-state index contributed by atoms with van der Waals surface area (Å²) in [5.41, 5.74) is 1.47. The van der Waals surface area contributed by atoms with E-state index in [1.807, 2.05) is 0 Å². The Labute approximate surface area is 180 Å². The van der Waals surface area contributed by atoms with Gasteiger partial charge in [0.15, 0.2) is 0 Å². The Kier molecular flexibility index (Phi) is 11.6. The van der Waals surface area contributed by atoms with Gasteiger partial charge in [-0.05, 0) is 45.6 Å². The molecule has 1 aromatic carbocycles. The number of hydrogen-bond acceptors (Lipinski definition) is 4. The summed E-state index contributed by atoms with van der Waals surface area (Å²) in [6.45, 7) is 10.9. The summed E-state index contributed by atoms with van der Waals surface area (Å²) in [6.07, 6.45) is 2.52. The molecule has 3 rings (SSSR count). The zero-order valence-electron chi connectivity index (χ0n) is 16.7. The molecule has 0 N–H and O–H groups in total. The summed E-state index contributed by atoms with van der Waals surface area (Å²) in [6, 6.07) is 11.6. The minimum atomic E-state index is 0.00694. The van der Waals surface area contributed by atoms with E-state index in [2.05, 4.69) is 64.0 Å². The molecule has 1 aromatic rings. The molecule has 0 radical (unpaired) electrons. The fourth-order valence-electron chi connectivity index (χ4n) is 4.02. The van der Waals surface area contributed by atoms with Crippen molar-refractivity contribution in [1.29, 1.82) is 0 Å². The first-order valence-electron chi connectivity index (χ1n) is 9.89. The van der Waals surface area contributed by atoms with Crippen LogP contribution < -0.4 is 0 Å². The van der Waals surface area contributed by atoms with E-state index in [4.69, 9.17) is 20.2 Å². The number of halogens is 2. The van der Waals surface area contributed by atoms with E-state index >= 15 is 0 Å². The molecule has 2 bridgehead atoms. The molecule has 2 aliphatic rings. The van der Waals surface area contributed by atoms with Crippen molar-refractivity contribution in [3.05, 3.63) is 35.9 Å². The first-order chi connectivity index (χ1) is 13.1. The van der Waals surface area contributed by atoms with E-state index in [9.17, 15) is 0 Å². The van der Waals surface area contributed by atoms with E-state index in [1.54, 1.807) is 0 Å². The Morgan fingerprint density at radius 1 is 0.778 bits per heavy atom. The Balaban J connectivity index is 0.000000817. The van der Waals surface area contributed by atoms with Crippen LogP contribution in [0.15, 0.2) is 30.3 Å². The topological polar surface area (TPSA) is 13.0 Å². The first kappa shape index (κ1) is 23.4. The molecule has 4 nitrogen and oxygen atoms in total. The predicted molar refractivity (Wildman–Crippen MR) is 113 cm³/mol. The third-order valence-corrected chi connectivity index (χ3v) is 5.75. The molecule has 0 spiro atoms. The van der Waals surface area contributed by atoms with Gasteiger partial charge in [0.2, 0.25) is 0 Å². The van der Waals surface area contributed by atoms with Gasteiger partial charge in [0, 0.05) is 51.9 Å². The molecule has 7 heteroatoms. The van der Waals surface area contributed by atoms with E-state index in [0.717, 1.165) is 6.54 Å². The summed E-state index contributed by atoms with van der Waals surface area (Å²) >= 11 is 0.00694. The summed E-state index contributed by atoms with van der Waals surface area (Å²) < 4.78 is 0. The zero-order valence-corrected chi connectivity index (χ0v) is 19.4. The Hall–Kier alpha value is 0.159. The molecule has 0 aliphatic carbocycles. The van der Waals surface area contributed by atoms with Gasteiger partial charge in [-0.3, -0.25) is 4.90 Å². The Bertz CT molecular complexity index is 508. The quantitative estimate of drug-likeness (QED) is 0.601. The predicted octanol–water partition coefficient (Wildman–Crippen LogP) is 3.38. The molecule has 0 amide bonds. The van der Waals surface area contributed by atoms with Crippen LogP contribution in [0.4, 0.5) is 0 Å². The van der Waals surface area contributed by atoms with E-state index < -0.39 is 0 Å². The van der Waals surface area contributed by atoms with Crippen molar-refractivity contribution < 1.29 is 13.1 Å². The summed E-state index contributed by atoms with van der Waals surface area (Å²) in [7, 11) is 14.2. The van der Waals surface area contributed by atoms with Gasteiger partial charge < -0.3 is 14.7 Å². The molecule has 2 aliphatic heterocycles. The molecule has 2 fully saturated rings. The van der Waals surface area contributed by atoms with Gasteiger partial charge in [-0.25, -0.2) is 0 Å². The fraction of sp³-hybridized carbons (Fsp3) is 0.700. The third kappa shape index (κ3) is 8.59. The average Bonchev–Trinajstić information content (AvgIpc) is 2.68. The Morgan fingerprint density at radius 2 is 1.37 bits per heavy atom. The zero-order chi connectivity index (χ0) is 19.5. The van der Waals surface area contributed by atoms with Crippen LogP contribution in [0.25, 0.3) is 0 Å². The van der Waals surface area contributed by atoms with Gasteiger partial charge in [-0.2, -0.15) is 0 Å². The van der Waals surface area contributed by atoms with Crippen LogP contribution in [-0.4, -0.2) is 92.6 Å². The SMILES string of the molecule is CN1CCCN2CCN(CCC(c3ccccc3)N(C)CC2)CC1.[Cl][Mn][Cl]. The van der Waals surface area contributed by atoms with Crippen molar-refractivity contribution in [1.82, 2.24) is 19.6 Å². The number of likely N-dealkylation sites (N-methyl/N-ethyl adjacent to an activating group) is 2. The molecular weight excluding hydrogens is 422 g/mol. The summed E-state index contributed by atoms with van der Waals surface area (Å²) in [5.74, 6) is 0. The van der Waals surface area contributed by atoms with Gasteiger partial charge in [-0.1, -0.05) is 30.3 Å². The molecule has 0 saturated carbocycles. The molecule has 3 unspecified atom stereocenters. The second kappa shape index (κ2) is 13.4. The fourth-order valence-corrected chi connectivity index (χ4v) is 4.02. The monoisotopic (exact) mass is 455 g/mol. The van der Waals surface area contributed by atoms with Gasteiger partial charge in [0.05, 0.1) is 0 Å². The average molecular weight is 456 g/mol. The van der Waals surface area contributed by atoms with Crippen molar-refractivity contribution in [3.63, 3.8) is 0 Å². The normalized spacial score (nSPS) is 28.8. The number of benzene rings is 1. The van der Waals surface area contributed by atoms with Crippen LogP contribution in [0.3, 0.4) is 0 Å².